The molecule has 0 amide bonds. The molecule has 0 spiro atoms. The molecule has 120 valence electrons. The Morgan fingerprint density at radius 3 is 2.35 bits per heavy atom. The highest BCUT2D eigenvalue weighted by atomic mass is 16.5. The van der Waals surface area contributed by atoms with Crippen LogP contribution in [0.5, 0.6) is 5.75 Å². The van der Waals surface area contributed by atoms with Crippen LogP contribution in [0.15, 0.2) is 33.5 Å². The number of benzene rings is 1. The number of hydrogen-bond donors (Lipinski definition) is 0. The third-order valence-electron chi connectivity index (χ3n) is 6.51. The van der Waals surface area contributed by atoms with Crippen LogP contribution in [0.4, 0.5) is 0 Å². The van der Waals surface area contributed by atoms with Crippen molar-refractivity contribution < 1.29 is 9.15 Å². The van der Waals surface area contributed by atoms with Gasteiger partial charge in [-0.3, -0.25) is 4.79 Å². The van der Waals surface area contributed by atoms with Crippen molar-refractivity contribution in [3.8, 4) is 5.75 Å². The predicted octanol–water partition coefficient (Wildman–Crippen LogP) is 4.34. The van der Waals surface area contributed by atoms with Crippen molar-refractivity contribution >= 4 is 11.0 Å². The quantitative estimate of drug-likeness (QED) is 0.828. The Labute approximate surface area is 135 Å². The van der Waals surface area contributed by atoms with E-state index in [1.54, 1.807) is 19.2 Å². The van der Waals surface area contributed by atoms with Crippen molar-refractivity contribution in [3.05, 3.63) is 40.2 Å². The van der Waals surface area contributed by atoms with Crippen LogP contribution < -0.4 is 10.2 Å². The Hall–Kier alpha value is -1.77. The maximum absolute atomic E-state index is 12.5. The molecule has 4 bridgehead atoms. The van der Waals surface area contributed by atoms with E-state index in [4.69, 9.17) is 9.15 Å². The summed E-state index contributed by atoms with van der Waals surface area (Å²) in [5, 5.41) is 0.651. The Bertz CT molecular complexity index is 791. The Balaban J connectivity index is 1.61. The minimum Gasteiger partial charge on any atom is -0.497 e. The second-order valence-electron chi connectivity index (χ2n) is 7.83. The molecule has 0 N–H and O–H groups in total. The Morgan fingerprint density at radius 1 is 1.00 bits per heavy atom. The van der Waals surface area contributed by atoms with Gasteiger partial charge >= 0.3 is 0 Å². The standard InChI is InChI=1S/C20H22O3/c1-22-15-2-3-16-17(21)10-19(23-18(16)9-15)20-13-5-11-4-12(7-13)8-14(20)6-11/h2-3,9-14,20H,4-8H2,1H3. The minimum atomic E-state index is 0.0812. The lowest BCUT2D eigenvalue weighted by molar-refractivity contribution is -0.00953. The van der Waals surface area contributed by atoms with E-state index in [1.165, 1.54) is 32.1 Å². The van der Waals surface area contributed by atoms with Crippen LogP contribution >= 0.6 is 0 Å². The highest BCUT2D eigenvalue weighted by molar-refractivity contribution is 5.78. The van der Waals surface area contributed by atoms with Gasteiger partial charge in [-0.1, -0.05) is 0 Å². The van der Waals surface area contributed by atoms with Gasteiger partial charge in [0.15, 0.2) is 5.43 Å². The van der Waals surface area contributed by atoms with Crippen molar-refractivity contribution in [2.45, 2.75) is 38.0 Å². The Kier molecular flexibility index (Phi) is 2.88. The number of fused-ring (bicyclic) bond motifs is 1. The molecule has 0 aliphatic heterocycles. The average molecular weight is 310 g/mol. The highest BCUT2D eigenvalue weighted by Crippen LogP contribution is 2.59. The molecule has 0 unspecified atom stereocenters. The lowest BCUT2D eigenvalue weighted by Crippen LogP contribution is -2.43. The molecule has 1 aromatic heterocycles. The van der Waals surface area contributed by atoms with E-state index < -0.39 is 0 Å². The largest absolute Gasteiger partial charge is 0.497 e. The second kappa shape index (κ2) is 4.86. The molecule has 4 aliphatic carbocycles. The number of ether oxygens (including phenoxy) is 1. The molecular weight excluding hydrogens is 288 g/mol. The van der Waals surface area contributed by atoms with Gasteiger partial charge in [-0.15, -0.1) is 0 Å². The number of rotatable bonds is 2. The molecule has 23 heavy (non-hydrogen) atoms. The zero-order valence-corrected chi connectivity index (χ0v) is 13.5. The van der Waals surface area contributed by atoms with Crippen molar-refractivity contribution in [1.82, 2.24) is 0 Å². The van der Waals surface area contributed by atoms with Crippen LogP contribution in [0.25, 0.3) is 11.0 Å². The zero-order valence-electron chi connectivity index (χ0n) is 13.5. The summed E-state index contributed by atoms with van der Waals surface area (Å²) in [6, 6.07) is 7.24. The molecular formula is C20H22O3. The molecule has 4 aliphatic rings. The maximum Gasteiger partial charge on any atom is 0.192 e. The van der Waals surface area contributed by atoms with Gasteiger partial charge in [-0.2, -0.15) is 0 Å². The van der Waals surface area contributed by atoms with Gasteiger partial charge in [0.25, 0.3) is 0 Å². The second-order valence-corrected chi connectivity index (χ2v) is 7.83. The van der Waals surface area contributed by atoms with Crippen LogP contribution in [0.1, 0.15) is 43.8 Å². The van der Waals surface area contributed by atoms with Crippen LogP contribution in [0.2, 0.25) is 0 Å². The fraction of sp³-hybridized carbons (Fsp3) is 0.550. The van der Waals surface area contributed by atoms with Crippen molar-refractivity contribution in [3.63, 3.8) is 0 Å². The third kappa shape index (κ3) is 2.05. The first kappa shape index (κ1) is 13.6. The topological polar surface area (TPSA) is 39.4 Å². The molecule has 2 aromatic rings. The molecule has 4 saturated carbocycles. The average Bonchev–Trinajstić information content (AvgIpc) is 2.53. The first-order valence-electron chi connectivity index (χ1n) is 8.83. The van der Waals surface area contributed by atoms with E-state index in [0.717, 1.165) is 35.2 Å². The fourth-order valence-corrected chi connectivity index (χ4v) is 5.84. The monoisotopic (exact) mass is 310 g/mol. The smallest absolute Gasteiger partial charge is 0.192 e. The highest BCUT2D eigenvalue weighted by Gasteiger charge is 2.49. The molecule has 0 radical (unpaired) electrons. The first-order valence-corrected chi connectivity index (χ1v) is 8.83. The summed E-state index contributed by atoms with van der Waals surface area (Å²) in [6.07, 6.45) is 6.77. The molecule has 6 rings (SSSR count). The fourth-order valence-electron chi connectivity index (χ4n) is 5.84. The molecule has 4 fully saturated rings. The van der Waals surface area contributed by atoms with E-state index in [1.807, 2.05) is 12.1 Å². The van der Waals surface area contributed by atoms with Crippen molar-refractivity contribution in [1.29, 1.82) is 0 Å². The molecule has 1 aromatic carbocycles. The summed E-state index contributed by atoms with van der Waals surface area (Å²) in [5.74, 6) is 5.41. The van der Waals surface area contributed by atoms with Gasteiger partial charge in [0.2, 0.25) is 0 Å². The van der Waals surface area contributed by atoms with Crippen LogP contribution in [-0.2, 0) is 0 Å². The van der Waals surface area contributed by atoms with E-state index in [-0.39, 0.29) is 5.43 Å². The molecule has 1 heterocycles. The molecule has 3 heteroatoms. The normalized spacial score (nSPS) is 34.9. The number of methoxy groups -OCH3 is 1. The van der Waals surface area contributed by atoms with Gasteiger partial charge in [0.05, 0.1) is 12.5 Å². The van der Waals surface area contributed by atoms with Gasteiger partial charge < -0.3 is 9.15 Å². The summed E-state index contributed by atoms with van der Waals surface area (Å²) >= 11 is 0. The molecule has 3 nitrogen and oxygen atoms in total. The Morgan fingerprint density at radius 2 is 1.70 bits per heavy atom. The van der Waals surface area contributed by atoms with Gasteiger partial charge in [-0.25, -0.2) is 0 Å². The van der Waals surface area contributed by atoms with E-state index in [0.29, 0.717) is 16.9 Å². The van der Waals surface area contributed by atoms with E-state index in [9.17, 15) is 4.79 Å². The summed E-state index contributed by atoms with van der Waals surface area (Å²) in [6.45, 7) is 0. The van der Waals surface area contributed by atoms with Gasteiger partial charge in [-0.05, 0) is 67.9 Å². The van der Waals surface area contributed by atoms with Crippen LogP contribution in [0.3, 0.4) is 0 Å². The van der Waals surface area contributed by atoms with Crippen molar-refractivity contribution in [2.24, 2.45) is 23.7 Å². The van der Waals surface area contributed by atoms with Gasteiger partial charge in [0.1, 0.15) is 17.1 Å². The SMILES string of the molecule is COc1ccc2c(=O)cc(C3C4CC5CC(C4)CC3C5)oc2c1. The van der Waals surface area contributed by atoms with Crippen LogP contribution in [0, 0.1) is 23.7 Å². The molecule has 0 atom stereocenters. The summed E-state index contributed by atoms with van der Waals surface area (Å²) < 4.78 is 11.5. The maximum atomic E-state index is 12.5. The molecule has 0 saturated heterocycles. The lowest BCUT2D eigenvalue weighted by atomic mass is 9.51. The zero-order chi connectivity index (χ0) is 15.6. The minimum absolute atomic E-state index is 0.0812. The third-order valence-corrected chi connectivity index (χ3v) is 6.51. The van der Waals surface area contributed by atoms with E-state index >= 15 is 0 Å². The number of hydrogen-bond acceptors (Lipinski definition) is 3. The summed E-state index contributed by atoms with van der Waals surface area (Å²) in [4.78, 5) is 12.5. The van der Waals surface area contributed by atoms with Gasteiger partial charge in [0, 0.05) is 18.1 Å². The van der Waals surface area contributed by atoms with E-state index in [2.05, 4.69) is 0 Å². The summed E-state index contributed by atoms with van der Waals surface area (Å²) in [7, 11) is 1.64. The predicted molar refractivity (Wildman–Crippen MR) is 88.8 cm³/mol. The lowest BCUT2D eigenvalue weighted by Gasteiger charge is -2.53. The van der Waals surface area contributed by atoms with Crippen LogP contribution in [-0.4, -0.2) is 7.11 Å². The summed E-state index contributed by atoms with van der Waals surface area (Å²) in [5.41, 5.74) is 0.748. The first-order chi connectivity index (χ1) is 11.2. The van der Waals surface area contributed by atoms with Crippen molar-refractivity contribution in [2.75, 3.05) is 7.11 Å².